The number of methoxy groups -OCH3 is 1. The minimum atomic E-state index is -1.01. The van der Waals surface area contributed by atoms with Crippen molar-refractivity contribution < 1.29 is 19.4 Å². The molecule has 3 N–H and O–H groups in total. The third-order valence-electron chi connectivity index (χ3n) is 2.90. The first-order valence-corrected chi connectivity index (χ1v) is 7.15. The SMILES string of the molecule is COc1cc(CC(N)C(=O)O)ccc1OC1CSC1. The average molecular weight is 283 g/mol. The number of hydrogen-bond donors (Lipinski definition) is 2. The van der Waals surface area contributed by atoms with Crippen molar-refractivity contribution in [2.75, 3.05) is 18.6 Å². The Kier molecular flexibility index (Phi) is 4.55. The second kappa shape index (κ2) is 6.16. The maximum Gasteiger partial charge on any atom is 0.320 e. The van der Waals surface area contributed by atoms with Gasteiger partial charge in [-0.25, -0.2) is 0 Å². The summed E-state index contributed by atoms with van der Waals surface area (Å²) in [4.78, 5) is 10.7. The van der Waals surface area contributed by atoms with E-state index in [0.29, 0.717) is 11.5 Å². The monoisotopic (exact) mass is 283 g/mol. The van der Waals surface area contributed by atoms with E-state index in [2.05, 4.69) is 0 Å². The molecule has 1 aliphatic rings. The van der Waals surface area contributed by atoms with Crippen LogP contribution in [-0.4, -0.2) is 41.8 Å². The highest BCUT2D eigenvalue weighted by Crippen LogP contribution is 2.32. The van der Waals surface area contributed by atoms with Gasteiger partial charge in [0.15, 0.2) is 11.5 Å². The van der Waals surface area contributed by atoms with Crippen molar-refractivity contribution in [2.45, 2.75) is 18.6 Å². The molecule has 5 nitrogen and oxygen atoms in total. The Labute approximate surface area is 116 Å². The second-order valence-electron chi connectivity index (χ2n) is 4.41. The first-order valence-electron chi connectivity index (χ1n) is 6.00. The molecule has 1 aromatic carbocycles. The minimum absolute atomic E-state index is 0.242. The number of carboxylic acids is 1. The molecule has 104 valence electrons. The third kappa shape index (κ3) is 3.54. The topological polar surface area (TPSA) is 81.8 Å². The van der Waals surface area contributed by atoms with Gasteiger partial charge in [0, 0.05) is 11.5 Å². The molecule has 6 heteroatoms. The summed E-state index contributed by atoms with van der Waals surface area (Å²) in [5.74, 6) is 2.29. The average Bonchev–Trinajstić information content (AvgIpc) is 2.34. The van der Waals surface area contributed by atoms with Gasteiger partial charge in [0.1, 0.15) is 12.1 Å². The number of nitrogens with two attached hydrogens (primary N) is 1. The van der Waals surface area contributed by atoms with Gasteiger partial charge in [-0.3, -0.25) is 4.79 Å². The third-order valence-corrected chi connectivity index (χ3v) is 4.12. The molecule has 0 saturated carbocycles. The Bertz CT molecular complexity index is 462. The zero-order valence-electron chi connectivity index (χ0n) is 10.7. The summed E-state index contributed by atoms with van der Waals surface area (Å²) in [7, 11) is 1.57. The summed E-state index contributed by atoms with van der Waals surface area (Å²) in [5, 5.41) is 8.80. The van der Waals surface area contributed by atoms with Gasteiger partial charge in [0.25, 0.3) is 0 Å². The molecule has 0 aliphatic carbocycles. The van der Waals surface area contributed by atoms with E-state index in [1.165, 1.54) is 0 Å². The molecule has 0 amide bonds. The van der Waals surface area contributed by atoms with Crippen LogP contribution < -0.4 is 15.2 Å². The Morgan fingerprint density at radius 1 is 1.53 bits per heavy atom. The predicted molar refractivity (Wildman–Crippen MR) is 74.1 cm³/mol. The van der Waals surface area contributed by atoms with Gasteiger partial charge in [-0.1, -0.05) is 6.07 Å². The van der Waals surface area contributed by atoms with E-state index in [0.717, 1.165) is 17.1 Å². The molecule has 1 unspecified atom stereocenters. The van der Waals surface area contributed by atoms with Crippen molar-refractivity contribution in [1.82, 2.24) is 0 Å². The number of carboxylic acid groups (broad SMARTS) is 1. The maximum atomic E-state index is 10.7. The van der Waals surface area contributed by atoms with E-state index in [1.807, 2.05) is 23.9 Å². The van der Waals surface area contributed by atoms with Crippen molar-refractivity contribution in [2.24, 2.45) is 5.73 Å². The van der Waals surface area contributed by atoms with Crippen LogP contribution in [0.15, 0.2) is 18.2 Å². The molecular weight excluding hydrogens is 266 g/mol. The molecule has 0 radical (unpaired) electrons. The molecule has 0 bridgehead atoms. The van der Waals surface area contributed by atoms with Crippen LogP contribution in [0, 0.1) is 0 Å². The smallest absolute Gasteiger partial charge is 0.320 e. The van der Waals surface area contributed by atoms with Crippen molar-refractivity contribution >= 4 is 17.7 Å². The van der Waals surface area contributed by atoms with Crippen molar-refractivity contribution in [3.05, 3.63) is 23.8 Å². The number of hydrogen-bond acceptors (Lipinski definition) is 5. The van der Waals surface area contributed by atoms with Gasteiger partial charge in [-0.15, -0.1) is 0 Å². The van der Waals surface area contributed by atoms with Crippen molar-refractivity contribution in [3.63, 3.8) is 0 Å². The molecule has 1 heterocycles. The molecule has 1 fully saturated rings. The van der Waals surface area contributed by atoms with Crippen LogP contribution in [-0.2, 0) is 11.2 Å². The van der Waals surface area contributed by atoms with Crippen LogP contribution in [0.1, 0.15) is 5.56 Å². The van der Waals surface area contributed by atoms with E-state index >= 15 is 0 Å². The van der Waals surface area contributed by atoms with Crippen LogP contribution in [0.25, 0.3) is 0 Å². The maximum absolute atomic E-state index is 10.7. The number of ether oxygens (including phenoxy) is 2. The number of aliphatic carboxylic acids is 1. The fourth-order valence-electron chi connectivity index (χ4n) is 1.74. The molecule has 1 aliphatic heterocycles. The lowest BCUT2D eigenvalue weighted by molar-refractivity contribution is -0.138. The summed E-state index contributed by atoms with van der Waals surface area (Å²) in [6.45, 7) is 0. The first kappa shape index (κ1) is 14.0. The standard InChI is InChI=1S/C13H17NO4S/c1-17-12-5-8(4-10(14)13(15)16)2-3-11(12)18-9-6-19-7-9/h2-3,5,9-10H,4,6-7,14H2,1H3,(H,15,16). The predicted octanol–water partition coefficient (Wildman–Crippen LogP) is 1.14. The van der Waals surface area contributed by atoms with Crippen LogP contribution in [0.5, 0.6) is 11.5 Å². The Morgan fingerprint density at radius 3 is 2.79 bits per heavy atom. The zero-order chi connectivity index (χ0) is 13.8. The van der Waals surface area contributed by atoms with Gasteiger partial charge in [0.2, 0.25) is 0 Å². The van der Waals surface area contributed by atoms with Crippen molar-refractivity contribution in [1.29, 1.82) is 0 Å². The highest BCUT2D eigenvalue weighted by Gasteiger charge is 2.21. The van der Waals surface area contributed by atoms with Crippen LogP contribution in [0.2, 0.25) is 0 Å². The van der Waals surface area contributed by atoms with Gasteiger partial charge >= 0.3 is 5.97 Å². The summed E-state index contributed by atoms with van der Waals surface area (Å²) in [6.07, 6.45) is 0.511. The number of rotatable bonds is 6. The van der Waals surface area contributed by atoms with E-state index < -0.39 is 12.0 Å². The fraction of sp³-hybridized carbons (Fsp3) is 0.462. The lowest BCUT2D eigenvalue weighted by Gasteiger charge is -2.26. The summed E-state index contributed by atoms with van der Waals surface area (Å²) < 4.78 is 11.1. The van der Waals surface area contributed by atoms with Gasteiger partial charge in [-0.2, -0.15) is 11.8 Å². The summed E-state index contributed by atoms with van der Waals surface area (Å²) in [5.41, 5.74) is 6.34. The summed E-state index contributed by atoms with van der Waals surface area (Å²) >= 11 is 1.85. The second-order valence-corrected chi connectivity index (χ2v) is 5.49. The van der Waals surface area contributed by atoms with Gasteiger partial charge < -0.3 is 20.3 Å². The van der Waals surface area contributed by atoms with Gasteiger partial charge in [-0.05, 0) is 24.1 Å². The fourth-order valence-corrected chi connectivity index (χ4v) is 2.30. The lowest BCUT2D eigenvalue weighted by Crippen LogP contribution is -2.32. The van der Waals surface area contributed by atoms with E-state index in [-0.39, 0.29) is 12.5 Å². The molecule has 1 atom stereocenters. The molecule has 0 aromatic heterocycles. The molecular formula is C13H17NO4S. The van der Waals surface area contributed by atoms with E-state index in [4.69, 9.17) is 20.3 Å². The number of benzene rings is 1. The molecule has 19 heavy (non-hydrogen) atoms. The van der Waals surface area contributed by atoms with Crippen LogP contribution in [0.4, 0.5) is 0 Å². The quantitative estimate of drug-likeness (QED) is 0.815. The summed E-state index contributed by atoms with van der Waals surface area (Å²) in [6, 6.07) is 4.52. The highest BCUT2D eigenvalue weighted by molar-refractivity contribution is 8.00. The lowest BCUT2D eigenvalue weighted by atomic mass is 10.1. The molecule has 2 rings (SSSR count). The van der Waals surface area contributed by atoms with Crippen molar-refractivity contribution in [3.8, 4) is 11.5 Å². The first-order chi connectivity index (χ1) is 9.10. The molecule has 1 aromatic rings. The largest absolute Gasteiger partial charge is 0.493 e. The minimum Gasteiger partial charge on any atom is -0.493 e. The number of thioether (sulfide) groups is 1. The van der Waals surface area contributed by atoms with Crippen LogP contribution in [0.3, 0.4) is 0 Å². The molecule has 0 spiro atoms. The van der Waals surface area contributed by atoms with E-state index in [1.54, 1.807) is 13.2 Å². The molecule has 1 saturated heterocycles. The number of carbonyl (C=O) groups is 1. The Balaban J connectivity index is 2.08. The Hall–Kier alpha value is -1.40. The zero-order valence-corrected chi connectivity index (χ0v) is 11.5. The van der Waals surface area contributed by atoms with Crippen LogP contribution >= 0.6 is 11.8 Å². The van der Waals surface area contributed by atoms with E-state index in [9.17, 15) is 4.79 Å². The van der Waals surface area contributed by atoms with Gasteiger partial charge in [0.05, 0.1) is 7.11 Å². The Morgan fingerprint density at radius 2 is 2.26 bits per heavy atom. The normalized spacial score (nSPS) is 16.5. The highest BCUT2D eigenvalue weighted by atomic mass is 32.2.